The van der Waals surface area contributed by atoms with E-state index in [1.807, 2.05) is 24.3 Å². The van der Waals surface area contributed by atoms with E-state index in [9.17, 15) is 5.11 Å². The number of benzene rings is 2. The maximum Gasteiger partial charge on any atom is 0.124 e. The summed E-state index contributed by atoms with van der Waals surface area (Å²) in [5, 5.41) is 9.65. The molecule has 2 aromatic carbocycles. The van der Waals surface area contributed by atoms with E-state index in [4.69, 9.17) is 0 Å². The maximum atomic E-state index is 9.65. The molecular formula is C16H15NO. The molecule has 2 aromatic rings. The molecule has 90 valence electrons. The molecule has 0 bridgehead atoms. The lowest BCUT2D eigenvalue weighted by atomic mass is 10.1. The van der Waals surface area contributed by atoms with Gasteiger partial charge in [0.1, 0.15) is 5.75 Å². The van der Waals surface area contributed by atoms with Crippen LogP contribution >= 0.6 is 0 Å². The molecule has 0 aromatic heterocycles. The van der Waals surface area contributed by atoms with Crippen LogP contribution in [0.4, 0.5) is 5.69 Å². The second kappa shape index (κ2) is 4.65. The highest BCUT2D eigenvalue weighted by molar-refractivity contribution is 5.85. The van der Waals surface area contributed by atoms with Crippen molar-refractivity contribution in [3.8, 4) is 5.75 Å². The molecule has 0 radical (unpaired) electrons. The molecule has 0 amide bonds. The third-order valence-corrected chi connectivity index (χ3v) is 3.37. The van der Waals surface area contributed by atoms with Crippen LogP contribution in [0.5, 0.6) is 5.75 Å². The number of fused-ring (bicyclic) bond motifs is 1. The first-order valence-corrected chi connectivity index (χ1v) is 6.27. The Morgan fingerprint density at radius 1 is 1.00 bits per heavy atom. The zero-order chi connectivity index (χ0) is 12.4. The highest BCUT2D eigenvalue weighted by Gasteiger charge is 2.10. The predicted molar refractivity (Wildman–Crippen MR) is 73.8 cm³/mol. The van der Waals surface area contributed by atoms with Gasteiger partial charge in [-0.15, -0.1) is 0 Å². The summed E-state index contributed by atoms with van der Waals surface area (Å²) in [5.74, 6) is 0.266. The largest absolute Gasteiger partial charge is 0.507 e. The zero-order valence-corrected chi connectivity index (χ0v) is 10.1. The molecule has 3 rings (SSSR count). The lowest BCUT2D eigenvalue weighted by Crippen LogP contribution is -1.83. The van der Waals surface area contributed by atoms with Crippen molar-refractivity contribution in [2.24, 2.45) is 4.99 Å². The van der Waals surface area contributed by atoms with E-state index in [2.05, 4.69) is 17.1 Å². The van der Waals surface area contributed by atoms with E-state index in [1.54, 1.807) is 12.3 Å². The minimum absolute atomic E-state index is 0.266. The molecule has 18 heavy (non-hydrogen) atoms. The molecule has 0 saturated heterocycles. The molecule has 1 aliphatic carbocycles. The number of aromatic hydroxyl groups is 1. The zero-order valence-electron chi connectivity index (χ0n) is 10.1. The second-order valence-corrected chi connectivity index (χ2v) is 4.62. The van der Waals surface area contributed by atoms with Crippen molar-refractivity contribution in [1.82, 2.24) is 0 Å². The first kappa shape index (κ1) is 11.0. The lowest BCUT2D eigenvalue weighted by molar-refractivity contribution is 0.474. The van der Waals surface area contributed by atoms with Crippen LogP contribution < -0.4 is 0 Å². The first-order valence-electron chi connectivity index (χ1n) is 6.27. The molecule has 0 heterocycles. The Bertz CT molecular complexity index is 602. The molecule has 0 fully saturated rings. The standard InChI is InChI=1S/C16H15NO/c18-16-7-2-1-4-14(16)11-17-15-9-8-12-5-3-6-13(12)10-15/h1-2,4,7-11,18H,3,5-6H2. The SMILES string of the molecule is Oc1ccccc1C=Nc1ccc2c(c1)CCC2. The van der Waals surface area contributed by atoms with Gasteiger partial charge < -0.3 is 5.11 Å². The Morgan fingerprint density at radius 3 is 2.72 bits per heavy atom. The summed E-state index contributed by atoms with van der Waals surface area (Å²) in [6.45, 7) is 0. The van der Waals surface area contributed by atoms with Crippen molar-refractivity contribution in [2.45, 2.75) is 19.3 Å². The Balaban J connectivity index is 1.87. The minimum atomic E-state index is 0.266. The van der Waals surface area contributed by atoms with Crippen LogP contribution in [0.2, 0.25) is 0 Å². The topological polar surface area (TPSA) is 32.6 Å². The molecule has 2 heteroatoms. The van der Waals surface area contributed by atoms with Gasteiger partial charge in [0.05, 0.1) is 5.69 Å². The number of aliphatic imine (C=N–C) groups is 1. The van der Waals surface area contributed by atoms with E-state index in [1.165, 1.54) is 24.0 Å². The summed E-state index contributed by atoms with van der Waals surface area (Å²) in [7, 11) is 0. The van der Waals surface area contributed by atoms with E-state index in [-0.39, 0.29) is 5.75 Å². The first-order chi connectivity index (χ1) is 8.83. The predicted octanol–water partition coefficient (Wildman–Crippen LogP) is 3.63. The highest BCUT2D eigenvalue weighted by Crippen LogP contribution is 2.26. The van der Waals surface area contributed by atoms with Crippen molar-refractivity contribution in [3.05, 3.63) is 59.2 Å². The van der Waals surface area contributed by atoms with Crippen molar-refractivity contribution >= 4 is 11.9 Å². The number of phenolic OH excluding ortho intramolecular Hbond substituents is 1. The van der Waals surface area contributed by atoms with Crippen molar-refractivity contribution in [3.63, 3.8) is 0 Å². The number of hydrogen-bond acceptors (Lipinski definition) is 2. The van der Waals surface area contributed by atoms with E-state index in [0.29, 0.717) is 0 Å². The fourth-order valence-corrected chi connectivity index (χ4v) is 2.38. The fourth-order valence-electron chi connectivity index (χ4n) is 2.38. The Labute approximate surface area is 107 Å². The van der Waals surface area contributed by atoms with Crippen LogP contribution in [0.15, 0.2) is 47.5 Å². The van der Waals surface area contributed by atoms with Crippen LogP contribution in [0, 0.1) is 0 Å². The maximum absolute atomic E-state index is 9.65. The van der Waals surface area contributed by atoms with Gasteiger partial charge in [-0.2, -0.15) is 0 Å². The summed E-state index contributed by atoms with van der Waals surface area (Å²) in [6.07, 6.45) is 5.32. The Hall–Kier alpha value is -2.09. The summed E-state index contributed by atoms with van der Waals surface area (Å²) in [6, 6.07) is 13.6. The van der Waals surface area contributed by atoms with Crippen molar-refractivity contribution in [2.75, 3.05) is 0 Å². The van der Waals surface area contributed by atoms with Gasteiger partial charge in [-0.1, -0.05) is 18.2 Å². The third-order valence-electron chi connectivity index (χ3n) is 3.37. The molecule has 0 aliphatic heterocycles. The fraction of sp³-hybridized carbons (Fsp3) is 0.188. The number of phenols is 1. The van der Waals surface area contributed by atoms with Crippen LogP contribution in [-0.2, 0) is 12.8 Å². The molecule has 0 spiro atoms. The summed E-state index contributed by atoms with van der Waals surface area (Å²) < 4.78 is 0. The van der Waals surface area contributed by atoms with Crippen LogP contribution in [0.25, 0.3) is 0 Å². The van der Waals surface area contributed by atoms with E-state index >= 15 is 0 Å². The van der Waals surface area contributed by atoms with E-state index < -0.39 is 0 Å². The van der Waals surface area contributed by atoms with Crippen LogP contribution in [-0.4, -0.2) is 11.3 Å². The number of aryl methyl sites for hydroxylation is 2. The van der Waals surface area contributed by atoms with Crippen LogP contribution in [0.1, 0.15) is 23.1 Å². The smallest absolute Gasteiger partial charge is 0.124 e. The average molecular weight is 237 g/mol. The Kier molecular flexibility index (Phi) is 2.85. The molecule has 1 N–H and O–H groups in total. The van der Waals surface area contributed by atoms with Crippen LogP contribution in [0.3, 0.4) is 0 Å². The monoisotopic (exact) mass is 237 g/mol. The minimum Gasteiger partial charge on any atom is -0.507 e. The van der Waals surface area contributed by atoms with Gasteiger partial charge >= 0.3 is 0 Å². The van der Waals surface area contributed by atoms with Gasteiger partial charge in [-0.3, -0.25) is 4.99 Å². The third kappa shape index (κ3) is 2.14. The van der Waals surface area contributed by atoms with Crippen molar-refractivity contribution < 1.29 is 5.11 Å². The highest BCUT2D eigenvalue weighted by atomic mass is 16.3. The second-order valence-electron chi connectivity index (χ2n) is 4.62. The van der Waals surface area contributed by atoms with Gasteiger partial charge in [-0.05, 0) is 54.7 Å². The quantitative estimate of drug-likeness (QED) is 0.795. The number of rotatable bonds is 2. The van der Waals surface area contributed by atoms with Gasteiger partial charge in [0.15, 0.2) is 0 Å². The molecule has 0 atom stereocenters. The molecule has 0 unspecified atom stereocenters. The lowest BCUT2D eigenvalue weighted by Gasteiger charge is -2.01. The molecule has 0 saturated carbocycles. The van der Waals surface area contributed by atoms with Gasteiger partial charge in [0, 0.05) is 11.8 Å². The molecule has 1 aliphatic rings. The summed E-state index contributed by atoms with van der Waals surface area (Å²) in [5.41, 5.74) is 4.58. The molecular weight excluding hydrogens is 222 g/mol. The number of nitrogens with zero attached hydrogens (tertiary/aromatic N) is 1. The van der Waals surface area contributed by atoms with Gasteiger partial charge in [-0.25, -0.2) is 0 Å². The number of para-hydroxylation sites is 1. The summed E-state index contributed by atoms with van der Waals surface area (Å²) in [4.78, 5) is 4.43. The van der Waals surface area contributed by atoms with Crippen molar-refractivity contribution in [1.29, 1.82) is 0 Å². The van der Waals surface area contributed by atoms with Gasteiger partial charge in [0.2, 0.25) is 0 Å². The summed E-state index contributed by atoms with van der Waals surface area (Å²) >= 11 is 0. The normalized spacial score (nSPS) is 14.0. The molecule has 2 nitrogen and oxygen atoms in total. The number of hydrogen-bond donors (Lipinski definition) is 1. The van der Waals surface area contributed by atoms with Gasteiger partial charge in [0.25, 0.3) is 0 Å². The average Bonchev–Trinajstić information content (AvgIpc) is 2.85. The van der Waals surface area contributed by atoms with E-state index in [0.717, 1.165) is 17.7 Å². The Morgan fingerprint density at radius 2 is 1.83 bits per heavy atom.